The summed E-state index contributed by atoms with van der Waals surface area (Å²) >= 11 is 1.52. The van der Waals surface area contributed by atoms with Gasteiger partial charge in [0.2, 0.25) is 0 Å². The van der Waals surface area contributed by atoms with Crippen molar-refractivity contribution in [2.24, 2.45) is 11.7 Å². The monoisotopic (exact) mass is 326 g/mol. The Kier molecular flexibility index (Phi) is 6.20. The summed E-state index contributed by atoms with van der Waals surface area (Å²) in [6.45, 7) is 6.74. The first-order valence-corrected chi connectivity index (χ1v) is 7.76. The summed E-state index contributed by atoms with van der Waals surface area (Å²) in [5.74, 6) is 0.464. The summed E-state index contributed by atoms with van der Waals surface area (Å²) in [6.07, 6.45) is 0.875. The lowest BCUT2D eigenvalue weighted by Gasteiger charge is -2.31. The minimum atomic E-state index is -0.346. The Balaban J connectivity index is 0.00000220. The van der Waals surface area contributed by atoms with Crippen molar-refractivity contribution >= 4 is 39.7 Å². The van der Waals surface area contributed by atoms with E-state index in [1.165, 1.54) is 11.3 Å². The van der Waals surface area contributed by atoms with Crippen LogP contribution in [0.25, 0.3) is 10.1 Å². The highest BCUT2D eigenvalue weighted by atomic mass is 35.5. The highest BCUT2D eigenvalue weighted by molar-refractivity contribution is 7.20. The largest absolute Gasteiger partial charge is 0.345 e. The molecule has 1 aromatic carbocycles. The van der Waals surface area contributed by atoms with Gasteiger partial charge in [0.15, 0.2) is 0 Å². The molecule has 0 saturated carbocycles. The summed E-state index contributed by atoms with van der Waals surface area (Å²) in [5, 5.41) is 4.21. The third-order valence-electron chi connectivity index (χ3n) is 3.37. The van der Waals surface area contributed by atoms with Gasteiger partial charge in [-0.05, 0) is 36.8 Å². The van der Waals surface area contributed by atoms with Crippen molar-refractivity contribution < 1.29 is 4.79 Å². The zero-order chi connectivity index (χ0) is 14.8. The molecule has 0 saturated heterocycles. The van der Waals surface area contributed by atoms with Gasteiger partial charge in [-0.15, -0.1) is 23.7 Å². The lowest BCUT2D eigenvalue weighted by Crippen LogP contribution is -2.52. The molecule has 5 heteroatoms. The van der Waals surface area contributed by atoms with Crippen molar-refractivity contribution in [3.8, 4) is 0 Å². The minimum absolute atomic E-state index is 0. The summed E-state index contributed by atoms with van der Waals surface area (Å²) in [7, 11) is 0. The Hall–Kier alpha value is -1.10. The van der Waals surface area contributed by atoms with Crippen LogP contribution in [0.4, 0.5) is 0 Å². The fourth-order valence-corrected chi connectivity index (χ4v) is 3.47. The molecule has 2 rings (SSSR count). The number of rotatable bonds is 5. The molecule has 0 aliphatic heterocycles. The van der Waals surface area contributed by atoms with E-state index < -0.39 is 0 Å². The second-order valence-electron chi connectivity index (χ2n) is 5.97. The highest BCUT2D eigenvalue weighted by Gasteiger charge is 2.26. The van der Waals surface area contributed by atoms with E-state index in [4.69, 9.17) is 5.73 Å². The second kappa shape index (κ2) is 7.25. The number of halogens is 1. The van der Waals surface area contributed by atoms with Crippen LogP contribution in [0.1, 0.15) is 36.9 Å². The van der Waals surface area contributed by atoms with Gasteiger partial charge in [-0.2, -0.15) is 0 Å². The molecule has 0 fully saturated rings. The van der Waals surface area contributed by atoms with Gasteiger partial charge in [0.25, 0.3) is 5.91 Å². The van der Waals surface area contributed by atoms with E-state index in [0.717, 1.165) is 21.4 Å². The van der Waals surface area contributed by atoms with Gasteiger partial charge in [0, 0.05) is 11.2 Å². The summed E-state index contributed by atoms with van der Waals surface area (Å²) in [4.78, 5) is 13.2. The Bertz CT molecular complexity index is 578. The average molecular weight is 327 g/mol. The van der Waals surface area contributed by atoms with E-state index in [1.54, 1.807) is 0 Å². The lowest BCUT2D eigenvalue weighted by molar-refractivity contribution is 0.0902. The van der Waals surface area contributed by atoms with Crippen LogP contribution in [0.3, 0.4) is 0 Å². The quantitative estimate of drug-likeness (QED) is 0.877. The Labute approximate surface area is 136 Å². The Morgan fingerprint density at radius 2 is 2.05 bits per heavy atom. The van der Waals surface area contributed by atoms with E-state index in [-0.39, 0.29) is 23.9 Å². The second-order valence-corrected chi connectivity index (χ2v) is 7.05. The first-order chi connectivity index (χ1) is 9.43. The van der Waals surface area contributed by atoms with Gasteiger partial charge in [0.05, 0.1) is 10.4 Å². The molecule has 0 aliphatic carbocycles. The van der Waals surface area contributed by atoms with Crippen LogP contribution in [0, 0.1) is 5.92 Å². The number of hydrogen-bond donors (Lipinski definition) is 2. The van der Waals surface area contributed by atoms with Crippen molar-refractivity contribution in [2.45, 2.75) is 32.7 Å². The summed E-state index contributed by atoms with van der Waals surface area (Å²) in [6, 6.07) is 9.98. The smallest absolute Gasteiger partial charge is 0.261 e. The minimum Gasteiger partial charge on any atom is -0.345 e. The molecular weight excluding hydrogens is 304 g/mol. The maximum absolute atomic E-state index is 12.4. The number of nitrogens with two attached hydrogens (primary N) is 1. The molecule has 0 spiro atoms. The average Bonchev–Trinajstić information content (AvgIpc) is 2.81. The number of hydrogen-bond acceptors (Lipinski definition) is 3. The van der Waals surface area contributed by atoms with E-state index in [0.29, 0.717) is 12.5 Å². The van der Waals surface area contributed by atoms with Gasteiger partial charge in [-0.3, -0.25) is 4.79 Å². The predicted molar refractivity (Wildman–Crippen MR) is 93.5 cm³/mol. The van der Waals surface area contributed by atoms with Crippen LogP contribution >= 0.6 is 23.7 Å². The van der Waals surface area contributed by atoms with E-state index in [2.05, 4.69) is 19.2 Å². The summed E-state index contributed by atoms with van der Waals surface area (Å²) in [5.41, 5.74) is 5.50. The van der Waals surface area contributed by atoms with Crippen LogP contribution < -0.4 is 11.1 Å². The maximum Gasteiger partial charge on any atom is 0.261 e. The number of benzene rings is 1. The SMILES string of the molecule is CC(C)CC(C)(CN)NC(=O)c1cc2ccccc2s1.Cl. The van der Waals surface area contributed by atoms with Gasteiger partial charge in [0.1, 0.15) is 0 Å². The first kappa shape index (κ1) is 18.0. The van der Waals surface area contributed by atoms with Crippen molar-refractivity contribution in [3.05, 3.63) is 35.2 Å². The number of thiophene rings is 1. The molecule has 0 aliphatic rings. The Morgan fingerprint density at radius 1 is 1.38 bits per heavy atom. The zero-order valence-corrected chi connectivity index (χ0v) is 14.3. The molecule has 1 amide bonds. The number of nitrogens with one attached hydrogen (secondary N) is 1. The topological polar surface area (TPSA) is 55.1 Å². The molecule has 3 nitrogen and oxygen atoms in total. The molecule has 1 heterocycles. The molecule has 21 heavy (non-hydrogen) atoms. The molecule has 3 N–H and O–H groups in total. The standard InChI is InChI=1S/C16H22N2OS.ClH/c1-11(2)9-16(3,10-17)18-15(19)14-8-12-6-4-5-7-13(12)20-14;/h4-8,11H,9-10,17H2,1-3H3,(H,18,19);1H. The zero-order valence-electron chi connectivity index (χ0n) is 12.7. The van der Waals surface area contributed by atoms with Crippen LogP contribution in [-0.2, 0) is 0 Å². The fourth-order valence-electron chi connectivity index (χ4n) is 2.52. The van der Waals surface area contributed by atoms with E-state index in [1.807, 2.05) is 37.3 Å². The number of fused-ring (bicyclic) bond motifs is 1. The van der Waals surface area contributed by atoms with Crippen molar-refractivity contribution in [1.82, 2.24) is 5.32 Å². The van der Waals surface area contributed by atoms with Crippen molar-refractivity contribution in [1.29, 1.82) is 0 Å². The number of carbonyl (C=O) groups excluding carboxylic acids is 1. The third kappa shape index (κ3) is 4.43. The summed E-state index contributed by atoms with van der Waals surface area (Å²) < 4.78 is 1.14. The van der Waals surface area contributed by atoms with Crippen molar-refractivity contribution in [3.63, 3.8) is 0 Å². The number of carbonyl (C=O) groups is 1. The molecule has 116 valence electrons. The van der Waals surface area contributed by atoms with Crippen LogP contribution in [0.15, 0.2) is 30.3 Å². The third-order valence-corrected chi connectivity index (χ3v) is 4.49. The molecule has 1 atom stereocenters. The molecule has 1 aromatic heterocycles. The van der Waals surface area contributed by atoms with Crippen molar-refractivity contribution in [2.75, 3.05) is 6.54 Å². The predicted octanol–water partition coefficient (Wildman–Crippen LogP) is 3.82. The van der Waals surface area contributed by atoms with Gasteiger partial charge in [-0.25, -0.2) is 0 Å². The Morgan fingerprint density at radius 3 is 2.62 bits per heavy atom. The lowest BCUT2D eigenvalue weighted by atomic mass is 9.90. The molecule has 0 radical (unpaired) electrons. The van der Waals surface area contributed by atoms with Crippen LogP contribution in [-0.4, -0.2) is 18.0 Å². The number of amides is 1. The molecule has 0 bridgehead atoms. The normalized spacial score (nSPS) is 13.8. The molecule has 2 aromatic rings. The highest BCUT2D eigenvalue weighted by Crippen LogP contribution is 2.26. The van der Waals surface area contributed by atoms with Crippen LogP contribution in [0.2, 0.25) is 0 Å². The van der Waals surface area contributed by atoms with E-state index in [9.17, 15) is 4.79 Å². The fraction of sp³-hybridized carbons (Fsp3) is 0.438. The maximum atomic E-state index is 12.4. The van der Waals surface area contributed by atoms with Gasteiger partial charge < -0.3 is 11.1 Å². The van der Waals surface area contributed by atoms with Gasteiger partial charge in [-0.1, -0.05) is 32.0 Å². The first-order valence-electron chi connectivity index (χ1n) is 6.95. The van der Waals surface area contributed by atoms with Crippen LogP contribution in [0.5, 0.6) is 0 Å². The van der Waals surface area contributed by atoms with E-state index >= 15 is 0 Å². The molecular formula is C16H23ClN2OS. The molecule has 1 unspecified atom stereocenters. The van der Waals surface area contributed by atoms with Gasteiger partial charge >= 0.3 is 0 Å².